The van der Waals surface area contributed by atoms with Gasteiger partial charge < -0.3 is 15.6 Å². The predicted octanol–water partition coefficient (Wildman–Crippen LogP) is 1.93. The van der Waals surface area contributed by atoms with Crippen molar-refractivity contribution in [3.8, 4) is 0 Å². The largest absolute Gasteiger partial charge is 0.396 e. The zero-order valence-electron chi connectivity index (χ0n) is 10.7. The van der Waals surface area contributed by atoms with Gasteiger partial charge in [0.1, 0.15) is 0 Å². The second kappa shape index (κ2) is 6.58. The van der Waals surface area contributed by atoms with E-state index in [4.69, 9.17) is 15.6 Å². The molecule has 1 fully saturated rings. The van der Waals surface area contributed by atoms with Gasteiger partial charge in [-0.1, -0.05) is 20.3 Å². The summed E-state index contributed by atoms with van der Waals surface area (Å²) in [5.41, 5.74) is 5.79. The minimum Gasteiger partial charge on any atom is -0.396 e. The molecule has 1 aliphatic rings. The molecular formula is C13H27NO2. The van der Waals surface area contributed by atoms with Crippen molar-refractivity contribution in [3.63, 3.8) is 0 Å². The van der Waals surface area contributed by atoms with E-state index in [2.05, 4.69) is 13.8 Å². The van der Waals surface area contributed by atoms with Crippen molar-refractivity contribution >= 4 is 0 Å². The maximum absolute atomic E-state index is 8.78. The van der Waals surface area contributed by atoms with Crippen molar-refractivity contribution in [3.05, 3.63) is 0 Å². The van der Waals surface area contributed by atoms with Crippen LogP contribution in [0, 0.1) is 11.8 Å². The smallest absolute Gasteiger partial charge is 0.0806 e. The number of ether oxygens (including phenoxy) is 1. The fourth-order valence-corrected chi connectivity index (χ4v) is 2.67. The van der Waals surface area contributed by atoms with Gasteiger partial charge in [-0.05, 0) is 37.5 Å². The zero-order chi connectivity index (χ0) is 12.0. The number of rotatable bonds is 6. The SMILES string of the molecule is CC(C)C1CCCC(CN)(OCCCO)C1. The summed E-state index contributed by atoms with van der Waals surface area (Å²) in [6.45, 7) is 6.02. The zero-order valence-corrected chi connectivity index (χ0v) is 10.7. The average molecular weight is 229 g/mol. The highest BCUT2D eigenvalue weighted by Crippen LogP contribution is 2.38. The van der Waals surface area contributed by atoms with E-state index in [0.29, 0.717) is 25.5 Å². The molecule has 96 valence electrons. The lowest BCUT2D eigenvalue weighted by Gasteiger charge is -2.41. The maximum atomic E-state index is 8.78. The molecule has 2 unspecified atom stereocenters. The van der Waals surface area contributed by atoms with Gasteiger partial charge in [0.25, 0.3) is 0 Å². The van der Waals surface area contributed by atoms with Crippen LogP contribution in [0.3, 0.4) is 0 Å². The van der Waals surface area contributed by atoms with Crippen LogP contribution in [0.2, 0.25) is 0 Å². The van der Waals surface area contributed by atoms with Gasteiger partial charge in [-0.3, -0.25) is 0 Å². The fourth-order valence-electron chi connectivity index (χ4n) is 2.67. The Morgan fingerprint density at radius 1 is 1.50 bits per heavy atom. The Kier molecular flexibility index (Phi) is 5.73. The van der Waals surface area contributed by atoms with E-state index in [9.17, 15) is 0 Å². The van der Waals surface area contributed by atoms with Gasteiger partial charge in [-0.15, -0.1) is 0 Å². The number of hydrogen-bond donors (Lipinski definition) is 2. The molecule has 0 spiro atoms. The summed E-state index contributed by atoms with van der Waals surface area (Å²) in [5.74, 6) is 1.46. The molecular weight excluding hydrogens is 202 g/mol. The quantitative estimate of drug-likeness (QED) is 0.684. The number of nitrogens with two attached hydrogens (primary N) is 1. The lowest BCUT2D eigenvalue weighted by molar-refractivity contribution is -0.0840. The molecule has 1 rings (SSSR count). The standard InChI is InChI=1S/C13H27NO2/c1-11(2)12-5-3-6-13(9-12,10-14)16-8-4-7-15/h11-12,15H,3-10,14H2,1-2H3. The Labute approximate surface area is 99.4 Å². The van der Waals surface area contributed by atoms with Crippen LogP contribution in [0.4, 0.5) is 0 Å². The molecule has 16 heavy (non-hydrogen) atoms. The van der Waals surface area contributed by atoms with Crippen molar-refractivity contribution in [2.45, 2.75) is 51.6 Å². The van der Waals surface area contributed by atoms with E-state index in [1.807, 2.05) is 0 Å². The van der Waals surface area contributed by atoms with Crippen LogP contribution in [-0.4, -0.2) is 30.5 Å². The summed E-state index contributed by atoms with van der Waals surface area (Å²) in [6, 6.07) is 0. The van der Waals surface area contributed by atoms with Crippen LogP contribution in [0.25, 0.3) is 0 Å². The first-order valence-corrected chi connectivity index (χ1v) is 6.58. The molecule has 0 saturated heterocycles. The van der Waals surface area contributed by atoms with Crippen molar-refractivity contribution in [2.75, 3.05) is 19.8 Å². The summed E-state index contributed by atoms with van der Waals surface area (Å²) in [4.78, 5) is 0. The molecule has 0 aliphatic heterocycles. The molecule has 1 aliphatic carbocycles. The first-order valence-electron chi connectivity index (χ1n) is 6.58. The Bertz CT molecular complexity index is 196. The molecule has 0 aromatic heterocycles. The summed E-state index contributed by atoms with van der Waals surface area (Å²) in [5, 5.41) is 8.78. The van der Waals surface area contributed by atoms with Gasteiger partial charge in [-0.2, -0.15) is 0 Å². The van der Waals surface area contributed by atoms with Gasteiger partial charge >= 0.3 is 0 Å². The molecule has 0 bridgehead atoms. The van der Waals surface area contributed by atoms with Crippen molar-refractivity contribution in [1.29, 1.82) is 0 Å². The molecule has 0 heterocycles. The fraction of sp³-hybridized carbons (Fsp3) is 1.00. The monoisotopic (exact) mass is 229 g/mol. The van der Waals surface area contributed by atoms with Crippen LogP contribution < -0.4 is 5.73 Å². The topological polar surface area (TPSA) is 55.5 Å². The van der Waals surface area contributed by atoms with E-state index in [-0.39, 0.29) is 12.2 Å². The molecule has 0 radical (unpaired) electrons. The lowest BCUT2D eigenvalue weighted by atomic mass is 9.73. The maximum Gasteiger partial charge on any atom is 0.0806 e. The van der Waals surface area contributed by atoms with Crippen molar-refractivity contribution in [2.24, 2.45) is 17.6 Å². The van der Waals surface area contributed by atoms with E-state index < -0.39 is 0 Å². The predicted molar refractivity (Wildman–Crippen MR) is 66.2 cm³/mol. The van der Waals surface area contributed by atoms with E-state index in [0.717, 1.165) is 18.8 Å². The second-order valence-corrected chi connectivity index (χ2v) is 5.41. The summed E-state index contributed by atoms with van der Waals surface area (Å²) in [7, 11) is 0. The van der Waals surface area contributed by atoms with Crippen LogP contribution in [0.1, 0.15) is 46.0 Å². The van der Waals surface area contributed by atoms with E-state index >= 15 is 0 Å². The minimum atomic E-state index is -0.109. The number of aliphatic hydroxyl groups excluding tert-OH is 1. The molecule has 1 saturated carbocycles. The lowest BCUT2D eigenvalue weighted by Crippen LogP contribution is -2.46. The third-order valence-corrected chi connectivity index (χ3v) is 3.87. The molecule has 0 aromatic rings. The summed E-state index contributed by atoms with van der Waals surface area (Å²) >= 11 is 0. The third kappa shape index (κ3) is 3.72. The Hall–Kier alpha value is -0.120. The first-order chi connectivity index (χ1) is 7.63. The minimum absolute atomic E-state index is 0.109. The summed E-state index contributed by atoms with van der Waals surface area (Å²) in [6.07, 6.45) is 5.42. The van der Waals surface area contributed by atoms with Gasteiger partial charge in [0, 0.05) is 19.8 Å². The Morgan fingerprint density at radius 3 is 2.81 bits per heavy atom. The molecule has 0 amide bonds. The van der Waals surface area contributed by atoms with Crippen molar-refractivity contribution < 1.29 is 9.84 Å². The van der Waals surface area contributed by atoms with Gasteiger partial charge in [0.15, 0.2) is 0 Å². The average Bonchev–Trinajstić information content (AvgIpc) is 2.30. The first kappa shape index (κ1) is 13.9. The Morgan fingerprint density at radius 2 is 2.25 bits per heavy atom. The van der Waals surface area contributed by atoms with Crippen LogP contribution in [0.5, 0.6) is 0 Å². The summed E-state index contributed by atoms with van der Waals surface area (Å²) < 4.78 is 5.96. The van der Waals surface area contributed by atoms with Crippen LogP contribution in [-0.2, 0) is 4.74 Å². The highest BCUT2D eigenvalue weighted by atomic mass is 16.5. The molecule has 0 aromatic carbocycles. The highest BCUT2D eigenvalue weighted by Gasteiger charge is 2.36. The molecule has 3 heteroatoms. The van der Waals surface area contributed by atoms with E-state index in [1.165, 1.54) is 12.8 Å². The van der Waals surface area contributed by atoms with Crippen molar-refractivity contribution in [1.82, 2.24) is 0 Å². The molecule has 3 N–H and O–H groups in total. The normalized spacial score (nSPS) is 30.9. The van der Waals surface area contributed by atoms with Gasteiger partial charge in [0.2, 0.25) is 0 Å². The molecule has 2 atom stereocenters. The van der Waals surface area contributed by atoms with Crippen LogP contribution >= 0.6 is 0 Å². The van der Waals surface area contributed by atoms with Gasteiger partial charge in [0.05, 0.1) is 5.60 Å². The number of aliphatic hydroxyl groups is 1. The third-order valence-electron chi connectivity index (χ3n) is 3.87. The molecule has 3 nitrogen and oxygen atoms in total. The van der Waals surface area contributed by atoms with E-state index in [1.54, 1.807) is 0 Å². The Balaban J connectivity index is 2.49. The number of hydrogen-bond acceptors (Lipinski definition) is 3. The highest BCUT2D eigenvalue weighted by molar-refractivity contribution is 4.90. The van der Waals surface area contributed by atoms with Gasteiger partial charge in [-0.25, -0.2) is 0 Å². The second-order valence-electron chi connectivity index (χ2n) is 5.41. The van der Waals surface area contributed by atoms with Crippen LogP contribution in [0.15, 0.2) is 0 Å².